The van der Waals surface area contributed by atoms with E-state index in [1.54, 1.807) is 37.3 Å². The Bertz CT molecular complexity index is 477. The molecule has 1 aromatic carbocycles. The van der Waals surface area contributed by atoms with Crippen LogP contribution in [-0.2, 0) is 9.53 Å². The highest BCUT2D eigenvalue weighted by molar-refractivity contribution is 6.43. The van der Waals surface area contributed by atoms with Crippen LogP contribution < -0.4 is 11.2 Å². The van der Waals surface area contributed by atoms with E-state index in [4.69, 9.17) is 11.0 Å². The third kappa shape index (κ3) is 3.50. The number of ether oxygens (including phenoxy) is 1. The molecule has 0 aliphatic rings. The largest absolute Gasteiger partial charge is 0.461 e. The zero-order valence-electron chi connectivity index (χ0n) is 9.30. The lowest BCUT2D eigenvalue weighted by atomic mass is 10.3. The number of carbonyl (C=O) groups excluding carboxylic acids is 1. The number of nitrogen functional groups attached to an aromatic ring is 1. The van der Waals surface area contributed by atoms with E-state index in [-0.39, 0.29) is 12.3 Å². The van der Waals surface area contributed by atoms with Crippen LogP contribution in [0.15, 0.2) is 29.4 Å². The molecule has 0 aromatic heterocycles. The smallest absolute Gasteiger partial charge is 0.369 e. The molecule has 0 radical (unpaired) electrons. The number of nitrogens with one attached hydrogen (secondary N) is 1. The molecule has 88 valence electrons. The molecule has 0 atom stereocenters. The summed E-state index contributed by atoms with van der Waals surface area (Å²) in [5, 5.41) is 12.4. The van der Waals surface area contributed by atoms with Gasteiger partial charge in [-0.25, -0.2) is 4.79 Å². The minimum absolute atomic E-state index is 0.188. The van der Waals surface area contributed by atoms with Gasteiger partial charge >= 0.3 is 5.97 Å². The molecule has 0 heterocycles. The van der Waals surface area contributed by atoms with Crippen LogP contribution in [0, 0.1) is 11.3 Å². The Hall–Kier alpha value is -2.55. The highest BCUT2D eigenvalue weighted by Gasteiger charge is 2.11. The first-order chi connectivity index (χ1) is 8.19. The van der Waals surface area contributed by atoms with E-state index >= 15 is 0 Å². The fraction of sp³-hybridized carbons (Fsp3) is 0.182. The molecule has 6 nitrogen and oxygen atoms in total. The van der Waals surface area contributed by atoms with Crippen molar-refractivity contribution in [3.8, 4) is 6.07 Å². The third-order valence-corrected chi connectivity index (χ3v) is 1.82. The lowest BCUT2D eigenvalue weighted by molar-refractivity contribution is -0.134. The summed E-state index contributed by atoms with van der Waals surface area (Å²) >= 11 is 0. The average Bonchev–Trinajstić information content (AvgIpc) is 2.32. The molecule has 0 unspecified atom stereocenters. The molecular weight excluding hydrogens is 220 g/mol. The van der Waals surface area contributed by atoms with Gasteiger partial charge in [0.2, 0.25) is 5.71 Å². The van der Waals surface area contributed by atoms with E-state index in [2.05, 4.69) is 15.3 Å². The molecule has 0 aliphatic carbocycles. The van der Waals surface area contributed by atoms with Gasteiger partial charge in [-0.15, -0.1) is 0 Å². The predicted molar refractivity (Wildman–Crippen MR) is 64.2 cm³/mol. The molecule has 17 heavy (non-hydrogen) atoms. The van der Waals surface area contributed by atoms with Gasteiger partial charge in [-0.2, -0.15) is 10.4 Å². The second-order valence-corrected chi connectivity index (χ2v) is 2.99. The highest BCUT2D eigenvalue weighted by Crippen LogP contribution is 2.16. The highest BCUT2D eigenvalue weighted by atomic mass is 16.5. The van der Waals surface area contributed by atoms with Gasteiger partial charge < -0.3 is 10.5 Å². The van der Waals surface area contributed by atoms with E-state index in [9.17, 15) is 4.79 Å². The SMILES string of the molecule is CCOC(=O)/C(C#N)=N/Nc1ccccc1N. The fourth-order valence-corrected chi connectivity index (χ4v) is 1.03. The lowest BCUT2D eigenvalue weighted by Crippen LogP contribution is -2.17. The van der Waals surface area contributed by atoms with E-state index in [0.29, 0.717) is 11.4 Å². The summed E-state index contributed by atoms with van der Waals surface area (Å²) in [6.07, 6.45) is 0. The molecule has 0 fully saturated rings. The maximum absolute atomic E-state index is 11.2. The summed E-state index contributed by atoms with van der Waals surface area (Å²) in [5.74, 6) is -0.767. The van der Waals surface area contributed by atoms with Crippen LogP contribution in [0.5, 0.6) is 0 Å². The van der Waals surface area contributed by atoms with Crippen LogP contribution in [0.25, 0.3) is 0 Å². The standard InChI is InChI=1S/C11H12N4O2/c1-2-17-11(16)10(7-12)15-14-9-6-4-3-5-8(9)13/h3-6,14H,2,13H2,1H3/b15-10+. The second kappa shape index (κ2) is 6.12. The van der Waals surface area contributed by atoms with Crippen LogP contribution in [0.3, 0.4) is 0 Å². The van der Waals surface area contributed by atoms with Gasteiger partial charge in [0, 0.05) is 0 Å². The van der Waals surface area contributed by atoms with Gasteiger partial charge in [-0.05, 0) is 19.1 Å². The minimum Gasteiger partial charge on any atom is -0.461 e. The van der Waals surface area contributed by atoms with Crippen molar-refractivity contribution in [2.75, 3.05) is 17.8 Å². The van der Waals surface area contributed by atoms with Crippen LogP contribution in [0.2, 0.25) is 0 Å². The van der Waals surface area contributed by atoms with Crippen molar-refractivity contribution in [3.63, 3.8) is 0 Å². The van der Waals surface area contributed by atoms with Crippen molar-refractivity contribution in [1.82, 2.24) is 0 Å². The van der Waals surface area contributed by atoms with Gasteiger partial charge in [-0.1, -0.05) is 12.1 Å². The topological polar surface area (TPSA) is 100 Å². The Labute approximate surface area is 98.7 Å². The number of para-hydroxylation sites is 2. The van der Waals surface area contributed by atoms with Gasteiger partial charge in [0.1, 0.15) is 6.07 Å². The van der Waals surface area contributed by atoms with Crippen LogP contribution in [0.1, 0.15) is 6.92 Å². The number of hydrogen-bond donors (Lipinski definition) is 2. The molecule has 0 saturated carbocycles. The van der Waals surface area contributed by atoms with Crippen molar-refractivity contribution in [1.29, 1.82) is 5.26 Å². The van der Waals surface area contributed by atoms with Crippen molar-refractivity contribution in [3.05, 3.63) is 24.3 Å². The molecule has 0 spiro atoms. The van der Waals surface area contributed by atoms with Gasteiger partial charge in [0.05, 0.1) is 18.0 Å². The molecule has 1 aromatic rings. The number of hydrazone groups is 1. The lowest BCUT2D eigenvalue weighted by Gasteiger charge is -2.04. The molecule has 3 N–H and O–H groups in total. The zero-order valence-corrected chi connectivity index (χ0v) is 9.30. The fourth-order valence-electron chi connectivity index (χ4n) is 1.03. The van der Waals surface area contributed by atoms with Gasteiger partial charge in [0.15, 0.2) is 0 Å². The monoisotopic (exact) mass is 232 g/mol. The number of hydrogen-bond acceptors (Lipinski definition) is 6. The summed E-state index contributed by atoms with van der Waals surface area (Å²) in [4.78, 5) is 11.2. The normalized spacial score (nSPS) is 10.5. The maximum atomic E-state index is 11.2. The Morgan fingerprint density at radius 3 is 2.88 bits per heavy atom. The summed E-state index contributed by atoms with van der Waals surface area (Å²) in [5.41, 5.74) is 8.83. The Balaban J connectivity index is 2.79. The summed E-state index contributed by atoms with van der Waals surface area (Å²) in [7, 11) is 0. The Morgan fingerprint density at radius 2 is 2.29 bits per heavy atom. The molecule has 0 bridgehead atoms. The molecule has 0 saturated heterocycles. The summed E-state index contributed by atoms with van der Waals surface area (Å²) in [6.45, 7) is 1.84. The van der Waals surface area contributed by atoms with E-state index < -0.39 is 5.97 Å². The molecule has 1 rings (SSSR count). The van der Waals surface area contributed by atoms with Gasteiger partial charge in [0.25, 0.3) is 0 Å². The third-order valence-electron chi connectivity index (χ3n) is 1.82. The molecule has 6 heteroatoms. The number of nitriles is 1. The number of nitrogens with zero attached hydrogens (tertiary/aromatic N) is 2. The first kappa shape index (κ1) is 12.5. The first-order valence-electron chi connectivity index (χ1n) is 4.94. The van der Waals surface area contributed by atoms with E-state index in [1.165, 1.54) is 0 Å². The minimum atomic E-state index is -0.767. The van der Waals surface area contributed by atoms with Crippen molar-refractivity contribution >= 4 is 23.1 Å². The van der Waals surface area contributed by atoms with Crippen LogP contribution in [0.4, 0.5) is 11.4 Å². The number of esters is 1. The predicted octanol–water partition coefficient (Wildman–Crippen LogP) is 1.12. The zero-order chi connectivity index (χ0) is 12.7. The number of rotatable bonds is 4. The van der Waals surface area contributed by atoms with Crippen molar-refractivity contribution < 1.29 is 9.53 Å². The quantitative estimate of drug-likeness (QED) is 0.350. The van der Waals surface area contributed by atoms with Crippen molar-refractivity contribution in [2.45, 2.75) is 6.92 Å². The number of benzene rings is 1. The van der Waals surface area contributed by atoms with Crippen LogP contribution >= 0.6 is 0 Å². The number of anilines is 2. The maximum Gasteiger partial charge on any atom is 0.369 e. The first-order valence-corrected chi connectivity index (χ1v) is 4.94. The Morgan fingerprint density at radius 1 is 1.59 bits per heavy atom. The Kier molecular flexibility index (Phi) is 4.51. The summed E-state index contributed by atoms with van der Waals surface area (Å²) in [6, 6.07) is 8.52. The average molecular weight is 232 g/mol. The summed E-state index contributed by atoms with van der Waals surface area (Å²) < 4.78 is 4.65. The van der Waals surface area contributed by atoms with E-state index in [0.717, 1.165) is 0 Å². The molecule has 0 aliphatic heterocycles. The molecular formula is C11H12N4O2. The van der Waals surface area contributed by atoms with Crippen molar-refractivity contribution in [2.24, 2.45) is 5.10 Å². The van der Waals surface area contributed by atoms with Crippen LogP contribution in [-0.4, -0.2) is 18.3 Å². The van der Waals surface area contributed by atoms with E-state index in [1.807, 2.05) is 0 Å². The second-order valence-electron chi connectivity index (χ2n) is 2.99. The molecule has 0 amide bonds. The number of nitrogens with two attached hydrogens (primary N) is 1. The van der Waals surface area contributed by atoms with Gasteiger partial charge in [-0.3, -0.25) is 5.43 Å². The number of carbonyl (C=O) groups is 1.